The summed E-state index contributed by atoms with van der Waals surface area (Å²) < 4.78 is 0. The molecule has 20 heavy (non-hydrogen) atoms. The van der Waals surface area contributed by atoms with Crippen molar-refractivity contribution in [2.45, 2.75) is 6.04 Å². The molecule has 1 unspecified atom stereocenters. The van der Waals surface area contributed by atoms with Gasteiger partial charge in [-0.15, -0.1) is 0 Å². The van der Waals surface area contributed by atoms with Crippen molar-refractivity contribution in [1.82, 2.24) is 0 Å². The Morgan fingerprint density at radius 3 is 2.25 bits per heavy atom. The number of anilines is 1. The van der Waals surface area contributed by atoms with E-state index in [1.807, 2.05) is 48.5 Å². The Bertz CT molecular complexity index is 694. The molecule has 2 heteroatoms. The van der Waals surface area contributed by atoms with Gasteiger partial charge in [0.2, 0.25) is 0 Å². The molecule has 2 nitrogen and oxygen atoms in total. The van der Waals surface area contributed by atoms with Gasteiger partial charge in [-0.25, -0.2) is 0 Å². The highest BCUT2D eigenvalue weighted by Crippen LogP contribution is 2.23. The van der Waals surface area contributed by atoms with Crippen LogP contribution in [0.15, 0.2) is 72.8 Å². The molecular weight excluding hydrogens is 246 g/mol. The quantitative estimate of drug-likeness (QED) is 0.746. The van der Waals surface area contributed by atoms with Crippen LogP contribution in [0.5, 0.6) is 0 Å². The summed E-state index contributed by atoms with van der Waals surface area (Å²) in [5.41, 5.74) is 2.11. The molecule has 0 spiro atoms. The van der Waals surface area contributed by atoms with E-state index in [0.717, 1.165) is 11.3 Å². The highest BCUT2D eigenvalue weighted by molar-refractivity contribution is 5.85. The summed E-state index contributed by atoms with van der Waals surface area (Å²) in [6.07, 6.45) is 0. The van der Waals surface area contributed by atoms with Gasteiger partial charge in [0, 0.05) is 5.69 Å². The third kappa shape index (κ3) is 2.65. The molecule has 0 radical (unpaired) electrons. The smallest absolute Gasteiger partial charge is 0.0745 e. The molecule has 0 fully saturated rings. The molecule has 0 saturated carbocycles. The van der Waals surface area contributed by atoms with Crippen LogP contribution in [-0.4, -0.2) is 11.7 Å². The average Bonchev–Trinajstić information content (AvgIpc) is 2.53. The van der Waals surface area contributed by atoms with Gasteiger partial charge in [0.25, 0.3) is 0 Å². The van der Waals surface area contributed by atoms with Crippen molar-refractivity contribution in [1.29, 1.82) is 0 Å². The Kier molecular flexibility index (Phi) is 3.66. The number of aliphatic hydroxyl groups excluding tert-OH is 1. The minimum Gasteiger partial charge on any atom is -0.394 e. The van der Waals surface area contributed by atoms with E-state index < -0.39 is 0 Å². The van der Waals surface area contributed by atoms with Crippen LogP contribution >= 0.6 is 0 Å². The molecule has 0 bridgehead atoms. The zero-order valence-corrected chi connectivity index (χ0v) is 11.2. The van der Waals surface area contributed by atoms with E-state index in [1.165, 1.54) is 10.8 Å². The van der Waals surface area contributed by atoms with E-state index in [0.29, 0.717) is 0 Å². The Balaban J connectivity index is 1.87. The number of hydrogen-bond donors (Lipinski definition) is 2. The van der Waals surface area contributed by atoms with E-state index >= 15 is 0 Å². The topological polar surface area (TPSA) is 32.3 Å². The van der Waals surface area contributed by atoms with E-state index in [-0.39, 0.29) is 12.6 Å². The van der Waals surface area contributed by atoms with Gasteiger partial charge in [0.05, 0.1) is 12.6 Å². The second-order valence-corrected chi connectivity index (χ2v) is 4.85. The second-order valence-electron chi connectivity index (χ2n) is 4.85. The monoisotopic (exact) mass is 263 g/mol. The fraction of sp³-hybridized carbons (Fsp3) is 0.111. The van der Waals surface area contributed by atoms with Crippen molar-refractivity contribution < 1.29 is 5.11 Å². The van der Waals surface area contributed by atoms with Crippen LogP contribution in [0.1, 0.15) is 11.6 Å². The van der Waals surface area contributed by atoms with E-state index in [4.69, 9.17) is 0 Å². The summed E-state index contributed by atoms with van der Waals surface area (Å²) in [6, 6.07) is 24.4. The lowest BCUT2D eigenvalue weighted by molar-refractivity contribution is 0.276. The molecule has 0 aliphatic rings. The lowest BCUT2D eigenvalue weighted by Crippen LogP contribution is -2.14. The third-order valence-corrected chi connectivity index (χ3v) is 3.47. The molecule has 3 rings (SSSR count). The first-order valence-electron chi connectivity index (χ1n) is 6.78. The predicted molar refractivity (Wildman–Crippen MR) is 83.8 cm³/mol. The van der Waals surface area contributed by atoms with Crippen LogP contribution in [0.3, 0.4) is 0 Å². The molecule has 2 N–H and O–H groups in total. The first kappa shape index (κ1) is 12.7. The largest absolute Gasteiger partial charge is 0.394 e. The van der Waals surface area contributed by atoms with Gasteiger partial charge in [-0.3, -0.25) is 0 Å². The van der Waals surface area contributed by atoms with E-state index in [9.17, 15) is 5.11 Å². The number of rotatable bonds is 4. The number of benzene rings is 3. The van der Waals surface area contributed by atoms with Crippen molar-refractivity contribution in [3.05, 3.63) is 78.4 Å². The van der Waals surface area contributed by atoms with Gasteiger partial charge in [0.15, 0.2) is 0 Å². The minimum atomic E-state index is -0.0858. The average molecular weight is 263 g/mol. The van der Waals surface area contributed by atoms with Crippen LogP contribution in [-0.2, 0) is 0 Å². The van der Waals surface area contributed by atoms with Crippen LogP contribution in [0.4, 0.5) is 5.69 Å². The van der Waals surface area contributed by atoms with Crippen molar-refractivity contribution in [3.8, 4) is 0 Å². The molecular formula is C18H17NO. The zero-order valence-electron chi connectivity index (χ0n) is 11.2. The van der Waals surface area contributed by atoms with Crippen molar-refractivity contribution in [2.75, 3.05) is 11.9 Å². The Morgan fingerprint density at radius 1 is 0.800 bits per heavy atom. The number of nitrogens with one attached hydrogen (secondary N) is 1. The molecule has 3 aromatic carbocycles. The Morgan fingerprint density at radius 2 is 1.50 bits per heavy atom. The molecule has 0 aliphatic carbocycles. The highest BCUT2D eigenvalue weighted by Gasteiger charge is 2.09. The Hall–Kier alpha value is -2.32. The zero-order chi connectivity index (χ0) is 13.8. The number of hydrogen-bond acceptors (Lipinski definition) is 2. The molecule has 0 heterocycles. The first-order chi connectivity index (χ1) is 9.86. The molecule has 1 atom stereocenters. The standard InChI is InChI=1S/C18H17NO/c20-13-18(15-7-2-1-3-8-15)19-17-11-10-14-6-4-5-9-16(14)12-17/h1-12,18-20H,13H2. The second kappa shape index (κ2) is 5.76. The van der Waals surface area contributed by atoms with Gasteiger partial charge in [-0.1, -0.05) is 60.7 Å². The van der Waals surface area contributed by atoms with Crippen molar-refractivity contribution >= 4 is 16.5 Å². The lowest BCUT2D eigenvalue weighted by atomic mass is 10.1. The molecule has 0 amide bonds. The third-order valence-electron chi connectivity index (χ3n) is 3.47. The summed E-state index contributed by atoms with van der Waals surface area (Å²) in [5.74, 6) is 0. The number of aliphatic hydroxyl groups is 1. The Labute approximate surface area is 118 Å². The maximum Gasteiger partial charge on any atom is 0.0745 e. The normalized spacial score (nSPS) is 12.2. The number of fused-ring (bicyclic) bond motifs is 1. The van der Waals surface area contributed by atoms with E-state index in [1.54, 1.807) is 0 Å². The summed E-state index contributed by atoms with van der Waals surface area (Å²) in [6.45, 7) is 0.0663. The fourth-order valence-electron chi connectivity index (χ4n) is 2.40. The van der Waals surface area contributed by atoms with Gasteiger partial charge in [-0.05, 0) is 28.5 Å². The van der Waals surface area contributed by atoms with Gasteiger partial charge < -0.3 is 10.4 Å². The van der Waals surface area contributed by atoms with Gasteiger partial charge in [0.1, 0.15) is 0 Å². The van der Waals surface area contributed by atoms with Crippen LogP contribution in [0, 0.1) is 0 Å². The minimum absolute atomic E-state index is 0.0663. The van der Waals surface area contributed by atoms with Crippen molar-refractivity contribution in [3.63, 3.8) is 0 Å². The molecule has 0 aliphatic heterocycles. The SMILES string of the molecule is OCC(Nc1ccc2ccccc2c1)c1ccccc1. The van der Waals surface area contributed by atoms with E-state index in [2.05, 4.69) is 29.6 Å². The first-order valence-corrected chi connectivity index (χ1v) is 6.78. The molecule has 0 saturated heterocycles. The highest BCUT2D eigenvalue weighted by atomic mass is 16.3. The maximum absolute atomic E-state index is 9.59. The van der Waals surface area contributed by atoms with Crippen LogP contribution in [0.2, 0.25) is 0 Å². The predicted octanol–water partition coefficient (Wildman–Crippen LogP) is 3.99. The fourth-order valence-corrected chi connectivity index (χ4v) is 2.40. The summed E-state index contributed by atoms with van der Waals surface area (Å²) in [7, 11) is 0. The molecule has 0 aromatic heterocycles. The lowest BCUT2D eigenvalue weighted by Gasteiger charge is -2.18. The summed E-state index contributed by atoms with van der Waals surface area (Å²) >= 11 is 0. The van der Waals surface area contributed by atoms with Crippen LogP contribution in [0.25, 0.3) is 10.8 Å². The molecule has 3 aromatic rings. The molecule has 100 valence electrons. The maximum atomic E-state index is 9.59. The van der Waals surface area contributed by atoms with Gasteiger partial charge in [-0.2, -0.15) is 0 Å². The van der Waals surface area contributed by atoms with Gasteiger partial charge >= 0.3 is 0 Å². The van der Waals surface area contributed by atoms with Crippen molar-refractivity contribution in [2.24, 2.45) is 0 Å². The summed E-state index contributed by atoms with van der Waals surface area (Å²) in [4.78, 5) is 0. The van der Waals surface area contributed by atoms with Crippen LogP contribution < -0.4 is 5.32 Å². The summed E-state index contributed by atoms with van der Waals surface area (Å²) in [5, 5.41) is 15.4.